The Balaban J connectivity index is 1.58. The van der Waals surface area contributed by atoms with E-state index < -0.39 is 35.9 Å². The van der Waals surface area contributed by atoms with Crippen LogP contribution in [0.1, 0.15) is 59.3 Å². The fraction of sp³-hybridized carbons (Fsp3) is 0.895. The molecule has 5 rings (SSSR count). The Hall–Kier alpha value is -1.22. The number of fused-ring (bicyclic) bond motifs is 2. The van der Waals surface area contributed by atoms with Gasteiger partial charge in [0.2, 0.25) is 12.1 Å². The maximum atomic E-state index is 12.1. The lowest BCUT2D eigenvalue weighted by atomic mass is 9.58. The van der Waals surface area contributed by atoms with Crippen LogP contribution in [0.25, 0.3) is 0 Å². The molecule has 8 nitrogen and oxygen atoms in total. The lowest BCUT2D eigenvalue weighted by Crippen LogP contribution is -2.70. The molecule has 4 saturated heterocycles. The molecule has 152 valence electrons. The summed E-state index contributed by atoms with van der Waals surface area (Å²) in [6, 6.07) is 0. The summed E-state index contributed by atoms with van der Waals surface area (Å²) in [4.78, 5) is 34.5. The average molecular weight is 384 g/mol. The highest BCUT2D eigenvalue weighted by molar-refractivity contribution is 5.76. The van der Waals surface area contributed by atoms with Crippen molar-refractivity contribution in [2.45, 2.75) is 83.3 Å². The molecule has 1 spiro atoms. The normalized spacial score (nSPS) is 48.4. The van der Waals surface area contributed by atoms with E-state index in [1.807, 2.05) is 13.8 Å². The van der Waals surface area contributed by atoms with Gasteiger partial charge in [-0.15, -0.1) is 0 Å². The van der Waals surface area contributed by atoms with Gasteiger partial charge in [0.1, 0.15) is 0 Å². The highest BCUT2D eigenvalue weighted by Gasteiger charge is 2.69. The van der Waals surface area contributed by atoms with Crippen LogP contribution in [0.15, 0.2) is 0 Å². The zero-order valence-electron chi connectivity index (χ0n) is 16.0. The number of hydrogen-bond acceptors (Lipinski definition) is 7. The van der Waals surface area contributed by atoms with Crippen LogP contribution in [0.2, 0.25) is 0 Å². The van der Waals surface area contributed by atoms with Crippen LogP contribution >= 0.6 is 0 Å². The van der Waals surface area contributed by atoms with Crippen LogP contribution in [-0.4, -0.2) is 41.0 Å². The number of esters is 1. The molecular weight excluding hydrogens is 356 g/mol. The molecule has 2 bridgehead atoms. The maximum Gasteiger partial charge on any atom is 0.308 e. The predicted molar refractivity (Wildman–Crippen MR) is 89.8 cm³/mol. The molecule has 5 aliphatic rings. The van der Waals surface area contributed by atoms with Gasteiger partial charge < -0.3 is 19.3 Å². The SMILES string of the molecule is C[C@@H]1CCC2[C@@H](C)[C@H](OC(=O)CCC(=O)O)O[C@@H]3O[C@@]4(C)CCC1[C@@]23OO4. The molecule has 0 aromatic rings. The molecule has 4 aliphatic heterocycles. The average Bonchev–Trinajstić information content (AvgIpc) is 2.84. The lowest BCUT2D eigenvalue weighted by Gasteiger charge is -2.59. The number of rotatable bonds is 4. The summed E-state index contributed by atoms with van der Waals surface area (Å²) in [6.45, 7) is 6.06. The number of carboxylic acid groups (broad SMARTS) is 1. The highest BCUT2D eigenvalue weighted by atomic mass is 17.3. The molecule has 1 N–H and O–H groups in total. The summed E-state index contributed by atoms with van der Waals surface area (Å²) in [6.07, 6.45) is 1.72. The van der Waals surface area contributed by atoms with Gasteiger partial charge in [-0.3, -0.25) is 9.59 Å². The fourth-order valence-electron chi connectivity index (χ4n) is 5.40. The third-order valence-corrected chi connectivity index (χ3v) is 6.89. The Labute approximate surface area is 158 Å². The number of carboxylic acids is 1. The second kappa shape index (κ2) is 6.69. The second-order valence-corrected chi connectivity index (χ2v) is 8.66. The Kier molecular flexibility index (Phi) is 4.73. The van der Waals surface area contributed by atoms with E-state index in [1.54, 1.807) is 0 Å². The topological polar surface area (TPSA) is 101 Å². The molecule has 27 heavy (non-hydrogen) atoms. The Morgan fingerprint density at radius 1 is 1.11 bits per heavy atom. The summed E-state index contributed by atoms with van der Waals surface area (Å²) in [5.41, 5.74) is -0.697. The van der Waals surface area contributed by atoms with Gasteiger partial charge in [-0.1, -0.05) is 13.8 Å². The van der Waals surface area contributed by atoms with E-state index in [0.29, 0.717) is 12.3 Å². The molecule has 0 aromatic heterocycles. The van der Waals surface area contributed by atoms with E-state index in [-0.39, 0.29) is 30.6 Å². The first kappa shape index (κ1) is 19.1. The van der Waals surface area contributed by atoms with Crippen LogP contribution < -0.4 is 0 Å². The molecule has 0 aromatic carbocycles. The molecule has 1 aliphatic carbocycles. The van der Waals surface area contributed by atoms with Gasteiger partial charge in [-0.25, -0.2) is 9.78 Å². The molecule has 0 amide bonds. The minimum absolute atomic E-state index is 0.0670. The van der Waals surface area contributed by atoms with Gasteiger partial charge in [0.05, 0.1) is 12.8 Å². The molecule has 8 heteroatoms. The van der Waals surface area contributed by atoms with Crippen molar-refractivity contribution in [3.05, 3.63) is 0 Å². The van der Waals surface area contributed by atoms with Crippen molar-refractivity contribution in [2.75, 3.05) is 0 Å². The number of ether oxygens (including phenoxy) is 3. The molecule has 2 unspecified atom stereocenters. The lowest BCUT2D eigenvalue weighted by molar-refractivity contribution is -0.576. The van der Waals surface area contributed by atoms with E-state index in [2.05, 4.69) is 6.92 Å². The van der Waals surface area contributed by atoms with Crippen molar-refractivity contribution in [1.29, 1.82) is 0 Å². The largest absolute Gasteiger partial charge is 0.481 e. The molecule has 8 atom stereocenters. The van der Waals surface area contributed by atoms with E-state index >= 15 is 0 Å². The fourth-order valence-corrected chi connectivity index (χ4v) is 5.40. The van der Waals surface area contributed by atoms with Gasteiger partial charge in [0.15, 0.2) is 11.9 Å². The van der Waals surface area contributed by atoms with Gasteiger partial charge in [-0.05, 0) is 38.0 Å². The molecule has 1 saturated carbocycles. The summed E-state index contributed by atoms with van der Waals surface area (Å²) in [5, 5.41) is 8.76. The van der Waals surface area contributed by atoms with Crippen molar-refractivity contribution in [3.8, 4) is 0 Å². The Morgan fingerprint density at radius 2 is 1.89 bits per heavy atom. The smallest absolute Gasteiger partial charge is 0.308 e. The highest BCUT2D eigenvalue weighted by Crippen LogP contribution is 2.60. The molecule has 4 heterocycles. The van der Waals surface area contributed by atoms with Gasteiger partial charge >= 0.3 is 11.9 Å². The van der Waals surface area contributed by atoms with Crippen molar-refractivity contribution >= 4 is 11.9 Å². The number of carbonyl (C=O) groups is 2. The molecular formula is C19H28O8. The van der Waals surface area contributed by atoms with Crippen LogP contribution in [-0.2, 0) is 33.6 Å². The summed E-state index contributed by atoms with van der Waals surface area (Å²) in [7, 11) is 0. The first-order chi connectivity index (χ1) is 12.7. The van der Waals surface area contributed by atoms with Crippen molar-refractivity contribution in [1.82, 2.24) is 0 Å². The van der Waals surface area contributed by atoms with E-state index in [0.717, 1.165) is 19.3 Å². The summed E-state index contributed by atoms with van der Waals surface area (Å²) in [5.74, 6) is -1.82. The minimum Gasteiger partial charge on any atom is -0.481 e. The quantitative estimate of drug-likeness (QED) is 0.583. The summed E-state index contributed by atoms with van der Waals surface area (Å²) >= 11 is 0. The van der Waals surface area contributed by atoms with E-state index in [4.69, 9.17) is 29.1 Å². The molecule has 0 radical (unpaired) electrons. The standard InChI is InChI=1S/C19H28O8/c1-10-4-5-13-11(2)16(23-15(22)7-6-14(20)21)24-17-19(13)12(10)8-9-18(3,25-17)26-27-19/h10-13,16-17H,4-9H2,1-3H3,(H,20,21)/t10-,11-,12?,13?,16-,17-,18-,19-/m1/s1. The van der Waals surface area contributed by atoms with Crippen LogP contribution in [0.5, 0.6) is 0 Å². The number of hydrogen-bond donors (Lipinski definition) is 1. The number of aliphatic carboxylic acids is 1. The summed E-state index contributed by atoms with van der Waals surface area (Å²) < 4.78 is 17.8. The Morgan fingerprint density at radius 3 is 2.63 bits per heavy atom. The van der Waals surface area contributed by atoms with Crippen molar-refractivity contribution < 1.29 is 38.7 Å². The first-order valence-corrected chi connectivity index (χ1v) is 9.86. The van der Waals surface area contributed by atoms with Crippen molar-refractivity contribution in [3.63, 3.8) is 0 Å². The van der Waals surface area contributed by atoms with Gasteiger partial charge in [0.25, 0.3) is 0 Å². The van der Waals surface area contributed by atoms with E-state index in [1.165, 1.54) is 0 Å². The third kappa shape index (κ3) is 3.06. The van der Waals surface area contributed by atoms with E-state index in [9.17, 15) is 9.59 Å². The number of carbonyl (C=O) groups excluding carboxylic acids is 1. The van der Waals surface area contributed by atoms with Crippen LogP contribution in [0.4, 0.5) is 0 Å². The van der Waals surface area contributed by atoms with Crippen LogP contribution in [0.3, 0.4) is 0 Å². The van der Waals surface area contributed by atoms with Gasteiger partial charge in [-0.2, -0.15) is 0 Å². The first-order valence-electron chi connectivity index (χ1n) is 9.86. The zero-order valence-corrected chi connectivity index (χ0v) is 16.0. The molecule has 5 fully saturated rings. The Bertz CT molecular complexity index is 623. The zero-order chi connectivity index (χ0) is 19.4. The van der Waals surface area contributed by atoms with Crippen LogP contribution in [0, 0.1) is 23.7 Å². The maximum absolute atomic E-state index is 12.1. The minimum atomic E-state index is -1.03. The predicted octanol–water partition coefficient (Wildman–Crippen LogP) is 2.60. The second-order valence-electron chi connectivity index (χ2n) is 8.66. The third-order valence-electron chi connectivity index (χ3n) is 6.89. The van der Waals surface area contributed by atoms with Crippen molar-refractivity contribution in [2.24, 2.45) is 23.7 Å². The monoisotopic (exact) mass is 384 g/mol. The van der Waals surface area contributed by atoms with Gasteiger partial charge in [0, 0.05) is 18.3 Å².